The lowest BCUT2D eigenvalue weighted by Gasteiger charge is -2.15. The van der Waals surface area contributed by atoms with Crippen LogP contribution in [0.4, 0.5) is 0 Å². The number of hydroxylamine groups is 2. The number of nitrogens with zero attached hydrogens (tertiary/aromatic N) is 1. The van der Waals surface area contributed by atoms with Gasteiger partial charge in [0.1, 0.15) is 0 Å². The summed E-state index contributed by atoms with van der Waals surface area (Å²) in [7, 11) is 0. The van der Waals surface area contributed by atoms with Crippen molar-refractivity contribution in [1.82, 2.24) is 5.06 Å². The van der Waals surface area contributed by atoms with Crippen LogP contribution in [0.2, 0.25) is 0 Å². The van der Waals surface area contributed by atoms with Crippen molar-refractivity contribution in [3.8, 4) is 0 Å². The molecule has 0 saturated carbocycles. The Morgan fingerprint density at radius 1 is 0.875 bits per heavy atom. The Kier molecular flexibility index (Phi) is 4.24. The Balaban J connectivity index is 1.72. The molecule has 2 aromatic carbocycles. The maximum atomic E-state index is 12.3. The smallest absolute Gasteiger partial charge is 0.328 e. The molecule has 1 amide bonds. The van der Waals surface area contributed by atoms with Crippen LogP contribution in [0.5, 0.6) is 0 Å². The number of hydrogen-bond donors (Lipinski definition) is 0. The van der Waals surface area contributed by atoms with E-state index >= 15 is 0 Å². The molecule has 0 aliphatic carbocycles. The molecule has 1 aliphatic rings. The molecule has 1 saturated heterocycles. The molecule has 1 fully saturated rings. The minimum absolute atomic E-state index is 0.126. The SMILES string of the molecule is C=C1CCC(=O)N1OC(=O)c1ccc(C(=O)c2ccccc2)cc1. The van der Waals surface area contributed by atoms with Gasteiger partial charge < -0.3 is 4.84 Å². The molecule has 5 heteroatoms. The Bertz CT molecular complexity index is 793. The molecule has 0 aromatic heterocycles. The third-order valence-corrected chi connectivity index (χ3v) is 3.73. The van der Waals surface area contributed by atoms with E-state index in [0.717, 1.165) is 5.06 Å². The summed E-state index contributed by atoms with van der Waals surface area (Å²) >= 11 is 0. The average Bonchev–Trinajstić information content (AvgIpc) is 2.94. The molecule has 3 rings (SSSR count). The van der Waals surface area contributed by atoms with Crippen molar-refractivity contribution in [1.29, 1.82) is 0 Å². The topological polar surface area (TPSA) is 63.7 Å². The van der Waals surface area contributed by atoms with Crippen LogP contribution in [-0.4, -0.2) is 22.7 Å². The maximum absolute atomic E-state index is 12.3. The average molecular weight is 321 g/mol. The minimum Gasteiger partial charge on any atom is -0.328 e. The van der Waals surface area contributed by atoms with Gasteiger partial charge in [0.05, 0.1) is 11.3 Å². The molecule has 2 aromatic rings. The first-order valence-corrected chi connectivity index (χ1v) is 7.49. The summed E-state index contributed by atoms with van der Waals surface area (Å²) in [6.07, 6.45) is 0.771. The zero-order valence-electron chi connectivity index (χ0n) is 12.9. The molecule has 0 N–H and O–H groups in total. The van der Waals surface area contributed by atoms with Crippen molar-refractivity contribution in [2.75, 3.05) is 0 Å². The van der Waals surface area contributed by atoms with Gasteiger partial charge in [-0.15, -0.1) is 5.06 Å². The van der Waals surface area contributed by atoms with Crippen molar-refractivity contribution in [3.05, 3.63) is 83.6 Å². The maximum Gasteiger partial charge on any atom is 0.363 e. The van der Waals surface area contributed by atoms with Crippen molar-refractivity contribution >= 4 is 17.7 Å². The summed E-state index contributed by atoms with van der Waals surface area (Å²) in [4.78, 5) is 41.1. The lowest BCUT2D eigenvalue weighted by molar-refractivity contribution is -0.153. The van der Waals surface area contributed by atoms with Gasteiger partial charge in [-0.3, -0.25) is 9.59 Å². The molecule has 0 unspecified atom stereocenters. The van der Waals surface area contributed by atoms with Gasteiger partial charge in [0.25, 0.3) is 5.91 Å². The number of carbonyl (C=O) groups excluding carboxylic acids is 3. The third kappa shape index (κ3) is 3.10. The standard InChI is InChI=1S/C19H15NO4/c1-13-7-12-17(21)20(13)24-19(23)16-10-8-15(9-11-16)18(22)14-5-3-2-4-6-14/h2-6,8-11H,1,7,12H2. The van der Waals surface area contributed by atoms with Gasteiger partial charge >= 0.3 is 5.97 Å². The molecule has 1 heterocycles. The highest BCUT2D eigenvalue weighted by Crippen LogP contribution is 2.22. The minimum atomic E-state index is -0.662. The molecular weight excluding hydrogens is 306 g/mol. The quantitative estimate of drug-likeness (QED) is 0.812. The van der Waals surface area contributed by atoms with Crippen LogP contribution in [0.15, 0.2) is 66.9 Å². The molecule has 0 atom stereocenters. The Hall–Kier alpha value is -3.21. The molecule has 0 spiro atoms. The van der Waals surface area contributed by atoms with Crippen LogP contribution in [0.25, 0.3) is 0 Å². The van der Waals surface area contributed by atoms with Gasteiger partial charge in [-0.1, -0.05) is 49.0 Å². The highest BCUT2D eigenvalue weighted by Gasteiger charge is 2.28. The van der Waals surface area contributed by atoms with Crippen LogP contribution in [0.1, 0.15) is 39.1 Å². The zero-order chi connectivity index (χ0) is 17.1. The Labute approximate surface area is 139 Å². The first-order valence-electron chi connectivity index (χ1n) is 7.49. The lowest BCUT2D eigenvalue weighted by atomic mass is 10.0. The van der Waals surface area contributed by atoms with Gasteiger partial charge in [-0.05, 0) is 18.6 Å². The molecule has 24 heavy (non-hydrogen) atoms. The number of carbonyl (C=O) groups is 3. The molecule has 1 aliphatic heterocycles. The van der Waals surface area contributed by atoms with E-state index in [1.807, 2.05) is 6.07 Å². The van der Waals surface area contributed by atoms with Crippen molar-refractivity contribution in [2.24, 2.45) is 0 Å². The molecule has 120 valence electrons. The highest BCUT2D eigenvalue weighted by atomic mass is 16.7. The number of ketones is 1. The van der Waals surface area contributed by atoms with Gasteiger partial charge in [-0.25, -0.2) is 4.79 Å². The first kappa shape index (κ1) is 15.7. The third-order valence-electron chi connectivity index (χ3n) is 3.73. The van der Waals surface area contributed by atoms with Crippen LogP contribution < -0.4 is 0 Å². The molecule has 0 bridgehead atoms. The molecule has 5 nitrogen and oxygen atoms in total. The van der Waals surface area contributed by atoms with Crippen molar-refractivity contribution in [3.63, 3.8) is 0 Å². The van der Waals surface area contributed by atoms with E-state index in [2.05, 4.69) is 6.58 Å². The Morgan fingerprint density at radius 2 is 1.46 bits per heavy atom. The second-order valence-electron chi connectivity index (χ2n) is 5.41. The summed E-state index contributed by atoms with van der Waals surface area (Å²) in [6.45, 7) is 3.69. The predicted octanol–water partition coefficient (Wildman–Crippen LogP) is 3.13. The summed E-state index contributed by atoms with van der Waals surface area (Å²) in [5.74, 6) is -1.08. The summed E-state index contributed by atoms with van der Waals surface area (Å²) in [5, 5.41) is 0.936. The first-order chi connectivity index (χ1) is 11.6. The Morgan fingerprint density at radius 3 is 2.04 bits per heavy atom. The fourth-order valence-corrected chi connectivity index (χ4v) is 2.40. The van der Waals surface area contributed by atoms with Crippen molar-refractivity contribution in [2.45, 2.75) is 12.8 Å². The number of hydrogen-bond acceptors (Lipinski definition) is 4. The van der Waals surface area contributed by atoms with E-state index in [1.165, 1.54) is 12.1 Å². The summed E-state index contributed by atoms with van der Waals surface area (Å²) in [6, 6.07) is 15.0. The zero-order valence-corrected chi connectivity index (χ0v) is 12.9. The van der Waals surface area contributed by atoms with E-state index < -0.39 is 5.97 Å². The van der Waals surface area contributed by atoms with E-state index in [0.29, 0.717) is 23.2 Å². The fraction of sp³-hybridized carbons (Fsp3) is 0.105. The lowest BCUT2D eigenvalue weighted by Crippen LogP contribution is -2.26. The normalized spacial score (nSPS) is 13.9. The van der Waals surface area contributed by atoms with Crippen molar-refractivity contribution < 1.29 is 19.2 Å². The largest absolute Gasteiger partial charge is 0.363 e. The van der Waals surface area contributed by atoms with Gasteiger partial charge in [0.15, 0.2) is 5.78 Å². The van der Waals surface area contributed by atoms with Crippen LogP contribution in [0, 0.1) is 0 Å². The second kappa shape index (κ2) is 6.50. The van der Waals surface area contributed by atoms with Gasteiger partial charge in [0, 0.05) is 17.5 Å². The van der Waals surface area contributed by atoms with Crippen LogP contribution in [0.3, 0.4) is 0 Å². The van der Waals surface area contributed by atoms with Crippen LogP contribution >= 0.6 is 0 Å². The number of amides is 1. The number of rotatable bonds is 4. The molecular formula is C19H15NO4. The number of allylic oxidation sites excluding steroid dienone is 1. The van der Waals surface area contributed by atoms with E-state index in [4.69, 9.17) is 4.84 Å². The van der Waals surface area contributed by atoms with Gasteiger partial charge in [0.2, 0.25) is 0 Å². The summed E-state index contributed by atoms with van der Waals surface area (Å²) < 4.78 is 0. The molecule has 0 radical (unpaired) electrons. The second-order valence-corrected chi connectivity index (χ2v) is 5.41. The highest BCUT2D eigenvalue weighted by molar-refractivity contribution is 6.09. The van der Waals surface area contributed by atoms with Crippen LogP contribution in [-0.2, 0) is 9.63 Å². The monoisotopic (exact) mass is 321 g/mol. The summed E-state index contributed by atoms with van der Waals surface area (Å²) in [5.41, 5.74) is 1.77. The van der Waals surface area contributed by atoms with E-state index in [-0.39, 0.29) is 23.7 Å². The van der Waals surface area contributed by atoms with E-state index in [9.17, 15) is 14.4 Å². The van der Waals surface area contributed by atoms with Gasteiger partial charge in [-0.2, -0.15) is 0 Å². The van der Waals surface area contributed by atoms with E-state index in [1.54, 1.807) is 36.4 Å². The fourth-order valence-electron chi connectivity index (χ4n) is 2.40. The predicted molar refractivity (Wildman–Crippen MR) is 87.0 cm³/mol. The number of benzene rings is 2.